The largest absolute Gasteiger partial charge is 0.330 e. The molecule has 0 heterocycles. The molecule has 1 rings (SSSR count). The molecule has 0 radical (unpaired) electrons. The van der Waals surface area contributed by atoms with Gasteiger partial charge in [0, 0.05) is 12.6 Å². The van der Waals surface area contributed by atoms with Gasteiger partial charge in [0.15, 0.2) is 0 Å². The molecule has 0 fully saturated rings. The van der Waals surface area contributed by atoms with Crippen LogP contribution in [0.2, 0.25) is 0 Å². The van der Waals surface area contributed by atoms with Crippen LogP contribution in [0, 0.1) is 0 Å². The zero-order valence-electron chi connectivity index (χ0n) is 10.5. The molecule has 0 aliphatic rings. The summed E-state index contributed by atoms with van der Waals surface area (Å²) in [7, 11) is 2.20. The average Bonchev–Trinajstić information content (AvgIpc) is 2.34. The van der Waals surface area contributed by atoms with Gasteiger partial charge in [-0.05, 0) is 45.3 Å². The Morgan fingerprint density at radius 1 is 1.25 bits per heavy atom. The van der Waals surface area contributed by atoms with Gasteiger partial charge in [-0.2, -0.15) is 0 Å². The first-order valence-corrected chi connectivity index (χ1v) is 6.18. The van der Waals surface area contributed by atoms with E-state index in [1.807, 2.05) is 0 Å². The third-order valence-electron chi connectivity index (χ3n) is 3.17. The van der Waals surface area contributed by atoms with Crippen LogP contribution in [-0.4, -0.2) is 31.1 Å². The molecule has 0 spiro atoms. The maximum absolute atomic E-state index is 5.52. The van der Waals surface area contributed by atoms with Gasteiger partial charge in [-0.1, -0.05) is 30.3 Å². The molecule has 2 heteroatoms. The molecule has 1 aromatic carbocycles. The highest BCUT2D eigenvalue weighted by Crippen LogP contribution is 2.06. The molecule has 0 aromatic heterocycles. The second-order valence-electron chi connectivity index (χ2n) is 4.50. The number of nitrogens with zero attached hydrogens (tertiary/aromatic N) is 1. The SMILES string of the molecule is CC(CCCN)N(C)CCc1ccccc1. The van der Waals surface area contributed by atoms with Crippen LogP contribution in [0.1, 0.15) is 25.3 Å². The summed E-state index contributed by atoms with van der Waals surface area (Å²) in [4.78, 5) is 2.42. The molecule has 0 aliphatic carbocycles. The molecular formula is C14H24N2. The van der Waals surface area contributed by atoms with Crippen LogP contribution in [0.15, 0.2) is 30.3 Å². The summed E-state index contributed by atoms with van der Waals surface area (Å²) < 4.78 is 0. The monoisotopic (exact) mass is 220 g/mol. The van der Waals surface area contributed by atoms with Crippen LogP contribution in [0.4, 0.5) is 0 Å². The Bertz CT molecular complexity index is 271. The van der Waals surface area contributed by atoms with Crippen molar-refractivity contribution in [1.29, 1.82) is 0 Å². The summed E-state index contributed by atoms with van der Waals surface area (Å²) >= 11 is 0. The zero-order valence-corrected chi connectivity index (χ0v) is 10.5. The Morgan fingerprint density at radius 2 is 1.94 bits per heavy atom. The maximum Gasteiger partial charge on any atom is 0.00644 e. The van der Waals surface area contributed by atoms with E-state index in [0.717, 1.165) is 25.9 Å². The van der Waals surface area contributed by atoms with E-state index in [1.165, 1.54) is 12.0 Å². The first-order chi connectivity index (χ1) is 7.74. The first-order valence-electron chi connectivity index (χ1n) is 6.18. The van der Waals surface area contributed by atoms with E-state index in [-0.39, 0.29) is 0 Å². The van der Waals surface area contributed by atoms with E-state index in [1.54, 1.807) is 0 Å². The van der Waals surface area contributed by atoms with Gasteiger partial charge >= 0.3 is 0 Å². The summed E-state index contributed by atoms with van der Waals surface area (Å²) in [5.41, 5.74) is 6.94. The zero-order chi connectivity index (χ0) is 11.8. The Hall–Kier alpha value is -0.860. The average molecular weight is 220 g/mol. The van der Waals surface area contributed by atoms with Crippen LogP contribution in [-0.2, 0) is 6.42 Å². The van der Waals surface area contributed by atoms with Gasteiger partial charge in [-0.25, -0.2) is 0 Å². The molecule has 0 saturated carbocycles. The molecule has 1 unspecified atom stereocenters. The minimum atomic E-state index is 0.632. The van der Waals surface area contributed by atoms with Crippen LogP contribution >= 0.6 is 0 Å². The molecule has 90 valence electrons. The number of hydrogen-bond donors (Lipinski definition) is 1. The van der Waals surface area contributed by atoms with Crippen LogP contribution in [0.3, 0.4) is 0 Å². The van der Waals surface area contributed by atoms with Gasteiger partial charge in [-0.15, -0.1) is 0 Å². The van der Waals surface area contributed by atoms with Gasteiger partial charge < -0.3 is 10.6 Å². The summed E-state index contributed by atoms with van der Waals surface area (Å²) in [5.74, 6) is 0. The topological polar surface area (TPSA) is 29.3 Å². The number of hydrogen-bond acceptors (Lipinski definition) is 2. The maximum atomic E-state index is 5.52. The van der Waals surface area contributed by atoms with Crippen molar-refractivity contribution < 1.29 is 0 Å². The Balaban J connectivity index is 2.26. The van der Waals surface area contributed by atoms with Crippen molar-refractivity contribution >= 4 is 0 Å². The van der Waals surface area contributed by atoms with Crippen molar-refractivity contribution in [2.45, 2.75) is 32.2 Å². The molecule has 0 bridgehead atoms. The van der Waals surface area contributed by atoms with Crippen molar-refractivity contribution in [1.82, 2.24) is 4.90 Å². The number of rotatable bonds is 7. The summed E-state index contributed by atoms with van der Waals surface area (Å²) in [6.07, 6.45) is 3.45. The van der Waals surface area contributed by atoms with Gasteiger partial charge in [0.05, 0.1) is 0 Å². The molecule has 16 heavy (non-hydrogen) atoms. The Kier molecular flexibility index (Phi) is 6.12. The van der Waals surface area contributed by atoms with Crippen LogP contribution in [0.25, 0.3) is 0 Å². The van der Waals surface area contributed by atoms with Crippen LogP contribution in [0.5, 0.6) is 0 Å². The van der Waals surface area contributed by atoms with Gasteiger partial charge in [0.25, 0.3) is 0 Å². The fourth-order valence-corrected chi connectivity index (χ4v) is 1.80. The van der Waals surface area contributed by atoms with E-state index in [9.17, 15) is 0 Å². The van der Waals surface area contributed by atoms with E-state index in [2.05, 4.69) is 49.2 Å². The summed E-state index contributed by atoms with van der Waals surface area (Å²) in [5, 5.41) is 0. The second-order valence-corrected chi connectivity index (χ2v) is 4.50. The third kappa shape index (κ3) is 4.77. The van der Waals surface area contributed by atoms with Gasteiger partial charge in [0.2, 0.25) is 0 Å². The lowest BCUT2D eigenvalue weighted by Gasteiger charge is -2.24. The standard InChI is InChI=1S/C14H24N2/c1-13(7-6-11-15)16(2)12-10-14-8-4-3-5-9-14/h3-5,8-9,13H,6-7,10-12,15H2,1-2H3. The van der Waals surface area contributed by atoms with Crippen molar-refractivity contribution in [3.05, 3.63) is 35.9 Å². The lowest BCUT2D eigenvalue weighted by Crippen LogP contribution is -2.31. The molecule has 2 N–H and O–H groups in total. The molecule has 1 aromatic rings. The highest BCUT2D eigenvalue weighted by Gasteiger charge is 2.07. The van der Waals surface area contributed by atoms with Crippen molar-refractivity contribution in [2.24, 2.45) is 5.73 Å². The van der Waals surface area contributed by atoms with E-state index >= 15 is 0 Å². The molecule has 1 atom stereocenters. The minimum absolute atomic E-state index is 0.632. The number of likely N-dealkylation sites (N-methyl/N-ethyl adjacent to an activating group) is 1. The molecule has 2 nitrogen and oxygen atoms in total. The quantitative estimate of drug-likeness (QED) is 0.764. The predicted octanol–water partition coefficient (Wildman–Crippen LogP) is 2.29. The van der Waals surface area contributed by atoms with Gasteiger partial charge in [-0.3, -0.25) is 0 Å². The van der Waals surface area contributed by atoms with Crippen LogP contribution < -0.4 is 5.73 Å². The van der Waals surface area contributed by atoms with Crippen molar-refractivity contribution in [2.75, 3.05) is 20.1 Å². The fourth-order valence-electron chi connectivity index (χ4n) is 1.80. The lowest BCUT2D eigenvalue weighted by molar-refractivity contribution is 0.246. The van der Waals surface area contributed by atoms with E-state index in [4.69, 9.17) is 5.73 Å². The van der Waals surface area contributed by atoms with Gasteiger partial charge in [0.1, 0.15) is 0 Å². The molecule has 0 saturated heterocycles. The smallest absolute Gasteiger partial charge is 0.00644 e. The minimum Gasteiger partial charge on any atom is -0.330 e. The second kappa shape index (κ2) is 7.42. The highest BCUT2D eigenvalue weighted by molar-refractivity contribution is 5.14. The highest BCUT2D eigenvalue weighted by atomic mass is 15.1. The predicted molar refractivity (Wildman–Crippen MR) is 70.5 cm³/mol. The fraction of sp³-hybridized carbons (Fsp3) is 0.571. The molecule has 0 aliphatic heterocycles. The lowest BCUT2D eigenvalue weighted by atomic mass is 10.1. The summed E-state index contributed by atoms with van der Waals surface area (Å²) in [6.45, 7) is 4.20. The Morgan fingerprint density at radius 3 is 2.56 bits per heavy atom. The normalized spacial score (nSPS) is 13.0. The van der Waals surface area contributed by atoms with E-state index in [0.29, 0.717) is 6.04 Å². The number of benzene rings is 1. The first kappa shape index (κ1) is 13.2. The number of nitrogens with two attached hydrogens (primary N) is 1. The third-order valence-corrected chi connectivity index (χ3v) is 3.17. The molecule has 0 amide bonds. The van der Waals surface area contributed by atoms with Crippen molar-refractivity contribution in [3.63, 3.8) is 0 Å². The summed E-state index contributed by atoms with van der Waals surface area (Å²) in [6, 6.07) is 11.3. The van der Waals surface area contributed by atoms with E-state index < -0.39 is 0 Å². The Labute approximate surface area is 99.5 Å². The molecular weight excluding hydrogens is 196 g/mol. The van der Waals surface area contributed by atoms with Crippen molar-refractivity contribution in [3.8, 4) is 0 Å².